The molecule has 0 atom stereocenters. The van der Waals surface area contributed by atoms with Gasteiger partial charge in [-0.1, -0.05) is 34.1 Å². The zero-order valence-electron chi connectivity index (χ0n) is 11.4. The van der Waals surface area contributed by atoms with E-state index in [0.717, 1.165) is 9.37 Å². The lowest BCUT2D eigenvalue weighted by Gasteiger charge is -2.14. The van der Waals surface area contributed by atoms with Gasteiger partial charge in [0.05, 0.1) is 11.1 Å². The Hall–Kier alpha value is -2.47. The van der Waals surface area contributed by atoms with Gasteiger partial charge in [0.15, 0.2) is 0 Å². The average Bonchev–Trinajstić information content (AvgIpc) is 2.77. The van der Waals surface area contributed by atoms with Crippen LogP contribution in [-0.4, -0.2) is 29.3 Å². The Morgan fingerprint density at radius 3 is 2.23 bits per heavy atom. The number of nitrogens with zero attached hydrogens (tertiary/aromatic N) is 1. The van der Waals surface area contributed by atoms with Gasteiger partial charge in [-0.2, -0.15) is 0 Å². The molecule has 0 radical (unpaired) electrons. The molecular weight excluding hydrogens is 348 g/mol. The molecule has 0 bridgehead atoms. The molecule has 22 heavy (non-hydrogen) atoms. The maximum atomic E-state index is 12.2. The Bertz CT molecular complexity index is 753. The van der Waals surface area contributed by atoms with E-state index in [1.54, 1.807) is 48.5 Å². The number of hydrogen-bond acceptors (Lipinski definition) is 3. The molecule has 1 N–H and O–H groups in total. The van der Waals surface area contributed by atoms with Crippen LogP contribution >= 0.6 is 15.9 Å². The quantitative estimate of drug-likeness (QED) is 0.856. The molecule has 0 aliphatic carbocycles. The van der Waals surface area contributed by atoms with Crippen LogP contribution in [0.5, 0.6) is 0 Å². The average molecular weight is 359 g/mol. The molecule has 0 saturated carbocycles. The molecule has 0 spiro atoms. The number of hydrogen-bond donors (Lipinski definition) is 1. The molecule has 110 valence electrons. The highest BCUT2D eigenvalue weighted by Crippen LogP contribution is 2.21. The van der Waals surface area contributed by atoms with Crippen molar-refractivity contribution in [1.82, 2.24) is 10.2 Å². The SMILES string of the molecule is O=C(NCN1C(=O)c2ccccc2C1=O)c1cccc(Br)c1. The molecule has 5 nitrogen and oxygen atoms in total. The number of benzene rings is 2. The lowest BCUT2D eigenvalue weighted by molar-refractivity contribution is 0.0635. The molecule has 0 aromatic heterocycles. The van der Waals surface area contributed by atoms with Crippen molar-refractivity contribution in [1.29, 1.82) is 0 Å². The minimum atomic E-state index is -0.393. The number of halogens is 1. The Morgan fingerprint density at radius 1 is 1.00 bits per heavy atom. The number of amides is 3. The monoisotopic (exact) mass is 358 g/mol. The first-order valence-corrected chi connectivity index (χ1v) is 7.36. The van der Waals surface area contributed by atoms with E-state index >= 15 is 0 Å². The van der Waals surface area contributed by atoms with Gasteiger partial charge in [-0.05, 0) is 30.3 Å². The third-order valence-corrected chi connectivity index (χ3v) is 3.86. The summed E-state index contributed by atoms with van der Waals surface area (Å²) in [6.07, 6.45) is 0. The number of rotatable bonds is 3. The molecule has 0 unspecified atom stereocenters. The van der Waals surface area contributed by atoms with Gasteiger partial charge in [0.25, 0.3) is 17.7 Å². The van der Waals surface area contributed by atoms with Gasteiger partial charge in [0.2, 0.25) is 0 Å². The van der Waals surface area contributed by atoms with Crippen molar-refractivity contribution in [3.63, 3.8) is 0 Å². The predicted molar refractivity (Wildman–Crippen MR) is 83.4 cm³/mol. The Morgan fingerprint density at radius 2 is 1.64 bits per heavy atom. The topological polar surface area (TPSA) is 66.5 Å². The van der Waals surface area contributed by atoms with Gasteiger partial charge in [0.1, 0.15) is 6.67 Å². The minimum Gasteiger partial charge on any atom is -0.334 e. The second-order valence-electron chi connectivity index (χ2n) is 4.76. The van der Waals surface area contributed by atoms with Crippen molar-refractivity contribution in [3.8, 4) is 0 Å². The lowest BCUT2D eigenvalue weighted by Crippen LogP contribution is -2.40. The summed E-state index contributed by atoms with van der Waals surface area (Å²) < 4.78 is 0.779. The molecule has 0 fully saturated rings. The third-order valence-electron chi connectivity index (χ3n) is 3.36. The first kappa shape index (κ1) is 14.5. The Labute approximate surface area is 135 Å². The van der Waals surface area contributed by atoms with Crippen LogP contribution in [0, 0.1) is 0 Å². The number of imide groups is 1. The second kappa shape index (κ2) is 5.73. The van der Waals surface area contributed by atoms with Crippen molar-refractivity contribution in [2.24, 2.45) is 0 Å². The molecule has 2 aromatic carbocycles. The van der Waals surface area contributed by atoms with E-state index in [-0.39, 0.29) is 12.6 Å². The van der Waals surface area contributed by atoms with Crippen LogP contribution in [0.1, 0.15) is 31.1 Å². The summed E-state index contributed by atoms with van der Waals surface area (Å²) in [5, 5.41) is 2.59. The third kappa shape index (κ3) is 2.53. The van der Waals surface area contributed by atoms with Crippen LogP contribution in [0.15, 0.2) is 53.0 Å². The van der Waals surface area contributed by atoms with Crippen LogP contribution in [0.4, 0.5) is 0 Å². The van der Waals surface area contributed by atoms with Crippen molar-refractivity contribution in [2.45, 2.75) is 0 Å². The summed E-state index contributed by atoms with van der Waals surface area (Å²) >= 11 is 3.29. The van der Waals surface area contributed by atoms with Crippen LogP contribution in [0.3, 0.4) is 0 Å². The van der Waals surface area contributed by atoms with E-state index in [9.17, 15) is 14.4 Å². The van der Waals surface area contributed by atoms with E-state index in [1.807, 2.05) is 0 Å². The summed E-state index contributed by atoms with van der Waals surface area (Å²) in [5.74, 6) is -1.14. The summed E-state index contributed by atoms with van der Waals surface area (Å²) in [7, 11) is 0. The molecule has 3 amide bonds. The summed E-state index contributed by atoms with van der Waals surface area (Å²) in [5.41, 5.74) is 1.18. The molecule has 1 aliphatic rings. The number of carbonyl (C=O) groups is 3. The smallest absolute Gasteiger partial charge is 0.263 e. The van der Waals surface area contributed by atoms with E-state index in [4.69, 9.17) is 0 Å². The van der Waals surface area contributed by atoms with Crippen LogP contribution < -0.4 is 5.32 Å². The van der Waals surface area contributed by atoms with Gasteiger partial charge in [-0.15, -0.1) is 0 Å². The standard InChI is InChI=1S/C16H11BrN2O3/c17-11-5-3-4-10(8-11)14(20)18-9-19-15(21)12-6-1-2-7-13(12)16(19)22/h1-8H,9H2,(H,18,20). The van der Waals surface area contributed by atoms with Gasteiger partial charge in [0, 0.05) is 10.0 Å². The zero-order chi connectivity index (χ0) is 15.7. The highest BCUT2D eigenvalue weighted by Gasteiger charge is 2.35. The van der Waals surface area contributed by atoms with E-state index in [2.05, 4.69) is 21.2 Å². The van der Waals surface area contributed by atoms with Crippen molar-refractivity contribution >= 4 is 33.7 Å². The first-order chi connectivity index (χ1) is 10.6. The van der Waals surface area contributed by atoms with Gasteiger partial charge in [-0.25, -0.2) is 0 Å². The Balaban J connectivity index is 1.72. The fraction of sp³-hybridized carbons (Fsp3) is 0.0625. The number of carbonyl (C=O) groups excluding carboxylic acids is 3. The highest BCUT2D eigenvalue weighted by molar-refractivity contribution is 9.10. The van der Waals surface area contributed by atoms with Gasteiger partial charge in [-0.3, -0.25) is 19.3 Å². The van der Waals surface area contributed by atoms with Crippen molar-refractivity contribution in [2.75, 3.05) is 6.67 Å². The first-order valence-electron chi connectivity index (χ1n) is 6.57. The maximum Gasteiger partial charge on any atom is 0.263 e. The molecule has 2 aromatic rings. The number of fused-ring (bicyclic) bond motifs is 1. The summed E-state index contributed by atoms with van der Waals surface area (Å²) in [6, 6.07) is 13.5. The minimum absolute atomic E-state index is 0.155. The highest BCUT2D eigenvalue weighted by atomic mass is 79.9. The van der Waals surface area contributed by atoms with Gasteiger partial charge < -0.3 is 5.32 Å². The Kier molecular flexibility index (Phi) is 3.77. The second-order valence-corrected chi connectivity index (χ2v) is 5.67. The van der Waals surface area contributed by atoms with Crippen LogP contribution in [0.2, 0.25) is 0 Å². The fourth-order valence-electron chi connectivity index (χ4n) is 2.27. The molecule has 3 rings (SSSR count). The van der Waals surface area contributed by atoms with E-state index in [0.29, 0.717) is 16.7 Å². The molecule has 0 saturated heterocycles. The number of nitrogens with one attached hydrogen (secondary N) is 1. The van der Waals surface area contributed by atoms with Crippen LogP contribution in [0.25, 0.3) is 0 Å². The summed E-state index contributed by atoms with van der Waals surface area (Å²) in [4.78, 5) is 37.4. The zero-order valence-corrected chi connectivity index (χ0v) is 13.0. The molecule has 1 aliphatic heterocycles. The van der Waals surface area contributed by atoms with E-state index < -0.39 is 11.8 Å². The van der Waals surface area contributed by atoms with Gasteiger partial charge >= 0.3 is 0 Å². The van der Waals surface area contributed by atoms with Crippen molar-refractivity contribution < 1.29 is 14.4 Å². The largest absolute Gasteiger partial charge is 0.334 e. The molecular formula is C16H11BrN2O3. The predicted octanol–water partition coefficient (Wildman–Crippen LogP) is 2.43. The maximum absolute atomic E-state index is 12.2. The summed E-state index contributed by atoms with van der Waals surface area (Å²) in [6.45, 7) is -0.155. The molecule has 6 heteroatoms. The van der Waals surface area contributed by atoms with Crippen molar-refractivity contribution in [3.05, 3.63) is 69.7 Å². The van der Waals surface area contributed by atoms with E-state index in [1.165, 1.54) is 0 Å². The molecule has 1 heterocycles. The normalized spacial score (nSPS) is 13.2. The lowest BCUT2D eigenvalue weighted by atomic mass is 10.1. The fourth-order valence-corrected chi connectivity index (χ4v) is 2.66. The van der Waals surface area contributed by atoms with Crippen LogP contribution in [-0.2, 0) is 0 Å².